The highest BCUT2D eigenvalue weighted by Gasteiger charge is 2.42. The zero-order chi connectivity index (χ0) is 31.8. The van der Waals surface area contributed by atoms with E-state index in [1.54, 1.807) is 48.5 Å². The zero-order valence-corrected chi connectivity index (χ0v) is 25.6. The molecule has 1 heterocycles. The predicted octanol–water partition coefficient (Wildman–Crippen LogP) is 3.90. The minimum atomic E-state index is -3.99. The smallest absolute Gasteiger partial charge is 0.243 e. The summed E-state index contributed by atoms with van der Waals surface area (Å²) in [4.78, 5) is 29.5. The summed E-state index contributed by atoms with van der Waals surface area (Å²) in [5.41, 5.74) is 9.11. The van der Waals surface area contributed by atoms with Gasteiger partial charge in [-0.3, -0.25) is 15.0 Å². The van der Waals surface area contributed by atoms with Gasteiger partial charge in [-0.1, -0.05) is 115 Å². The molecule has 0 aliphatic carbocycles. The minimum absolute atomic E-state index is 0.0380. The van der Waals surface area contributed by atoms with Crippen molar-refractivity contribution in [3.63, 3.8) is 0 Å². The molecule has 0 bridgehead atoms. The van der Waals surface area contributed by atoms with Crippen LogP contribution >= 0.6 is 0 Å². The summed E-state index contributed by atoms with van der Waals surface area (Å²) in [6.07, 6.45) is 1.08. The van der Waals surface area contributed by atoms with E-state index in [4.69, 9.17) is 11.1 Å². The van der Waals surface area contributed by atoms with Crippen LogP contribution in [0.3, 0.4) is 0 Å². The van der Waals surface area contributed by atoms with Crippen molar-refractivity contribution in [2.75, 3.05) is 6.54 Å². The first-order valence-corrected chi connectivity index (χ1v) is 16.5. The molecule has 1 aliphatic rings. The molecule has 0 saturated carbocycles. The molecule has 2 atom stereocenters. The molecule has 0 radical (unpaired) electrons. The first-order chi connectivity index (χ1) is 21.7. The monoisotopic (exact) mass is 623 g/mol. The average molecular weight is 624 g/mol. The fraction of sp³-hybridized carbons (Fsp3) is 0.229. The fourth-order valence-corrected chi connectivity index (χ4v) is 7.12. The number of sulfonamides is 1. The zero-order valence-electron chi connectivity index (χ0n) is 24.8. The van der Waals surface area contributed by atoms with Crippen LogP contribution in [0.25, 0.3) is 0 Å². The standard InChI is InChI=1S/C35H37N5O4S/c36-33(37)29-20-18-25(19-21-29)23-38-34(41)30-17-10-22-40(30)35(42)32(39-45(43,44)24-26-11-4-1-5-12-26)31(27-13-6-2-7-14-27)28-15-8-3-9-16-28/h1-9,11-16,18-21,30-32,39H,10,17,22-24H2,(H3,36,37)(H,38,41)/t30-,32+/m0/s1. The number of nitrogen functional groups attached to an aromatic ring is 1. The van der Waals surface area contributed by atoms with Crippen LogP contribution in [0, 0.1) is 5.41 Å². The summed E-state index contributed by atoms with van der Waals surface area (Å²) < 4.78 is 30.1. The number of benzene rings is 4. The van der Waals surface area contributed by atoms with Gasteiger partial charge in [0.1, 0.15) is 17.9 Å². The van der Waals surface area contributed by atoms with E-state index in [9.17, 15) is 18.0 Å². The summed E-state index contributed by atoms with van der Waals surface area (Å²) in [5, 5.41) is 10.5. The number of hydrogen-bond acceptors (Lipinski definition) is 5. The van der Waals surface area contributed by atoms with E-state index >= 15 is 0 Å². The van der Waals surface area contributed by atoms with Gasteiger partial charge in [-0.2, -0.15) is 0 Å². The Balaban J connectivity index is 1.44. The summed E-state index contributed by atoms with van der Waals surface area (Å²) >= 11 is 0. The highest BCUT2D eigenvalue weighted by molar-refractivity contribution is 7.88. The second-order valence-electron chi connectivity index (χ2n) is 11.2. The van der Waals surface area contributed by atoms with Gasteiger partial charge in [0, 0.05) is 24.6 Å². The molecule has 5 rings (SSSR count). The predicted molar refractivity (Wildman–Crippen MR) is 175 cm³/mol. The number of hydrogen-bond donors (Lipinski definition) is 4. The Morgan fingerprint density at radius 1 is 0.822 bits per heavy atom. The van der Waals surface area contributed by atoms with Gasteiger partial charge in [-0.15, -0.1) is 0 Å². The van der Waals surface area contributed by atoms with Gasteiger partial charge < -0.3 is 16.0 Å². The molecule has 4 aromatic rings. The number of amidine groups is 1. The number of rotatable bonds is 12. The van der Waals surface area contributed by atoms with Crippen LogP contribution in [0.4, 0.5) is 0 Å². The maximum absolute atomic E-state index is 14.5. The topological polar surface area (TPSA) is 145 Å². The Kier molecular flexibility index (Phi) is 10.1. The van der Waals surface area contributed by atoms with Crippen molar-refractivity contribution in [1.29, 1.82) is 5.41 Å². The minimum Gasteiger partial charge on any atom is -0.384 e. The highest BCUT2D eigenvalue weighted by atomic mass is 32.2. The summed E-state index contributed by atoms with van der Waals surface area (Å²) in [7, 11) is -3.99. The maximum Gasteiger partial charge on any atom is 0.243 e. The van der Waals surface area contributed by atoms with Crippen molar-refractivity contribution in [2.24, 2.45) is 5.73 Å². The Bertz CT molecular complexity index is 1680. The number of nitrogens with one attached hydrogen (secondary N) is 3. The third-order valence-electron chi connectivity index (χ3n) is 7.99. The molecule has 0 aromatic heterocycles. The SMILES string of the molecule is N=C(N)c1ccc(CNC(=O)[C@@H]2CCCN2C(=O)[C@H](NS(=O)(=O)Cc2ccccc2)C(c2ccccc2)c2ccccc2)cc1. The molecule has 1 fully saturated rings. The van der Waals surface area contributed by atoms with E-state index in [1.165, 1.54) is 4.90 Å². The number of likely N-dealkylation sites (tertiary alicyclic amines) is 1. The number of amides is 2. The maximum atomic E-state index is 14.5. The van der Waals surface area contributed by atoms with E-state index in [0.717, 1.165) is 16.7 Å². The Morgan fingerprint density at radius 3 is 1.93 bits per heavy atom. The second kappa shape index (κ2) is 14.3. The van der Waals surface area contributed by atoms with Gasteiger partial charge in [0.2, 0.25) is 21.8 Å². The molecular weight excluding hydrogens is 586 g/mol. The highest BCUT2D eigenvalue weighted by Crippen LogP contribution is 2.32. The van der Waals surface area contributed by atoms with Gasteiger partial charge in [0.05, 0.1) is 5.75 Å². The molecule has 10 heteroatoms. The van der Waals surface area contributed by atoms with Gasteiger partial charge in [-0.25, -0.2) is 13.1 Å². The quantitative estimate of drug-likeness (QED) is 0.140. The Morgan fingerprint density at radius 2 is 1.38 bits per heavy atom. The van der Waals surface area contributed by atoms with Crippen molar-refractivity contribution < 1.29 is 18.0 Å². The lowest BCUT2D eigenvalue weighted by molar-refractivity contribution is -0.140. The molecule has 232 valence electrons. The van der Waals surface area contributed by atoms with Gasteiger partial charge in [0.25, 0.3) is 0 Å². The molecule has 1 aliphatic heterocycles. The van der Waals surface area contributed by atoms with E-state index in [1.807, 2.05) is 66.7 Å². The lowest BCUT2D eigenvalue weighted by atomic mass is 9.84. The number of carbonyl (C=O) groups excluding carboxylic acids is 2. The third kappa shape index (κ3) is 8.03. The molecule has 45 heavy (non-hydrogen) atoms. The van der Waals surface area contributed by atoms with Crippen LogP contribution in [0.2, 0.25) is 0 Å². The van der Waals surface area contributed by atoms with E-state index in [-0.39, 0.29) is 24.0 Å². The molecule has 0 unspecified atom stereocenters. The van der Waals surface area contributed by atoms with E-state index < -0.39 is 33.9 Å². The van der Waals surface area contributed by atoms with Gasteiger partial charge in [-0.05, 0) is 35.1 Å². The Hall–Kier alpha value is -4.80. The fourth-order valence-electron chi connectivity index (χ4n) is 5.78. The van der Waals surface area contributed by atoms with Gasteiger partial charge in [0.15, 0.2) is 0 Å². The lowest BCUT2D eigenvalue weighted by Gasteiger charge is -2.33. The molecular formula is C35H37N5O4S. The van der Waals surface area contributed by atoms with Crippen LogP contribution < -0.4 is 15.8 Å². The number of nitrogens with two attached hydrogens (primary N) is 1. The van der Waals surface area contributed by atoms with Crippen LogP contribution in [0.5, 0.6) is 0 Å². The number of carbonyl (C=O) groups is 2. The Labute approximate surface area is 264 Å². The van der Waals surface area contributed by atoms with Crippen LogP contribution in [-0.4, -0.2) is 49.6 Å². The first kappa shape index (κ1) is 31.6. The summed E-state index contributed by atoms with van der Waals surface area (Å²) in [6, 6.07) is 32.6. The summed E-state index contributed by atoms with van der Waals surface area (Å²) in [6.45, 7) is 0.566. The summed E-state index contributed by atoms with van der Waals surface area (Å²) in [5.74, 6) is -1.73. The van der Waals surface area contributed by atoms with Gasteiger partial charge >= 0.3 is 0 Å². The molecule has 4 aromatic carbocycles. The van der Waals surface area contributed by atoms with E-state index in [0.29, 0.717) is 30.5 Å². The first-order valence-electron chi connectivity index (χ1n) is 14.9. The van der Waals surface area contributed by atoms with Crippen molar-refractivity contribution >= 4 is 27.7 Å². The van der Waals surface area contributed by atoms with Crippen molar-refractivity contribution in [3.05, 3.63) is 143 Å². The van der Waals surface area contributed by atoms with Crippen LogP contribution in [0.1, 0.15) is 46.6 Å². The van der Waals surface area contributed by atoms with Crippen LogP contribution in [-0.2, 0) is 31.9 Å². The average Bonchev–Trinajstić information content (AvgIpc) is 3.55. The molecule has 2 amide bonds. The molecule has 5 N–H and O–H groups in total. The third-order valence-corrected chi connectivity index (χ3v) is 9.32. The van der Waals surface area contributed by atoms with Crippen molar-refractivity contribution in [3.8, 4) is 0 Å². The molecule has 0 spiro atoms. The molecule has 9 nitrogen and oxygen atoms in total. The number of nitrogens with zero attached hydrogens (tertiary/aromatic N) is 1. The lowest BCUT2D eigenvalue weighted by Crippen LogP contribution is -2.55. The van der Waals surface area contributed by atoms with Crippen molar-refractivity contribution in [1.82, 2.24) is 14.9 Å². The van der Waals surface area contributed by atoms with E-state index in [2.05, 4.69) is 10.0 Å². The second-order valence-corrected chi connectivity index (χ2v) is 12.9. The van der Waals surface area contributed by atoms with Crippen molar-refractivity contribution in [2.45, 2.75) is 43.1 Å². The molecule has 1 saturated heterocycles. The normalized spacial score (nSPS) is 15.5. The largest absolute Gasteiger partial charge is 0.384 e. The van der Waals surface area contributed by atoms with Crippen LogP contribution in [0.15, 0.2) is 115 Å².